The summed E-state index contributed by atoms with van der Waals surface area (Å²) in [4.78, 5) is 0. The molecule has 2 aliphatic rings. The van der Waals surface area contributed by atoms with Gasteiger partial charge in [-0.25, -0.2) is 31.3 Å². The minimum atomic E-state index is -3.60. The van der Waals surface area contributed by atoms with E-state index in [1.54, 1.807) is 12.1 Å². The molecule has 3 atom stereocenters. The summed E-state index contributed by atoms with van der Waals surface area (Å²) < 4.78 is 79.3. The van der Waals surface area contributed by atoms with Gasteiger partial charge < -0.3 is 5.32 Å². The third-order valence-electron chi connectivity index (χ3n) is 5.52. The van der Waals surface area contributed by atoms with Gasteiger partial charge in [0, 0.05) is 23.7 Å². The van der Waals surface area contributed by atoms with Crippen LogP contribution in [0, 0.1) is 22.2 Å². The molecule has 3 unspecified atom stereocenters. The topological polar surface area (TPSA) is 65.0 Å². The number of hydrogen-bond donors (Lipinski definition) is 3. The van der Waals surface area contributed by atoms with Crippen LogP contribution in [0.25, 0.3) is 11.1 Å². The van der Waals surface area contributed by atoms with E-state index in [9.17, 15) is 17.4 Å². The first-order chi connectivity index (χ1) is 13.7. The maximum absolute atomic E-state index is 15.1. The van der Waals surface area contributed by atoms with Gasteiger partial charge in [0.05, 0.1) is 0 Å². The standard InChI is InChI=1S/C20H21F4N3OS/c21-14-8-13(9-15(22)11-14)16-3-1-2-12(19(16)23)10-18-17(4-7-26-18)27-29(25,28)20(24)5-6-20/h1-3,8-9,11,17-18,26H,4-7,10H2,(H2,25,27,28). The van der Waals surface area contributed by atoms with Crippen molar-refractivity contribution in [2.45, 2.75) is 42.8 Å². The molecule has 1 saturated carbocycles. The average Bonchev–Trinajstić information content (AvgIpc) is 3.27. The zero-order chi connectivity index (χ0) is 20.8. The summed E-state index contributed by atoms with van der Waals surface area (Å²) in [6.45, 7) is 0.563. The highest BCUT2D eigenvalue weighted by molar-refractivity contribution is 7.92. The van der Waals surface area contributed by atoms with Gasteiger partial charge in [0.15, 0.2) is 0 Å². The number of nitrogens with one attached hydrogen (secondary N) is 3. The van der Waals surface area contributed by atoms with Gasteiger partial charge in [-0.3, -0.25) is 0 Å². The van der Waals surface area contributed by atoms with Gasteiger partial charge in [-0.1, -0.05) is 18.2 Å². The van der Waals surface area contributed by atoms with E-state index in [1.165, 1.54) is 6.07 Å². The minimum absolute atomic E-state index is 0.0772. The van der Waals surface area contributed by atoms with Crippen LogP contribution in [-0.2, 0) is 16.3 Å². The Balaban J connectivity index is 1.56. The molecule has 2 fully saturated rings. The summed E-state index contributed by atoms with van der Waals surface area (Å²) in [5, 5.41) is 1.19. The quantitative estimate of drug-likeness (QED) is 0.609. The van der Waals surface area contributed by atoms with Gasteiger partial charge in [0.25, 0.3) is 0 Å². The highest BCUT2D eigenvalue weighted by Crippen LogP contribution is 2.45. The van der Waals surface area contributed by atoms with E-state index in [4.69, 9.17) is 4.78 Å². The Morgan fingerprint density at radius 3 is 2.52 bits per heavy atom. The maximum Gasteiger partial charge on any atom is 0.206 e. The molecule has 4 rings (SSSR count). The summed E-state index contributed by atoms with van der Waals surface area (Å²) >= 11 is 0. The normalized spacial score (nSPS) is 25.0. The van der Waals surface area contributed by atoms with E-state index in [0.29, 0.717) is 18.5 Å². The predicted octanol–water partition coefficient (Wildman–Crippen LogP) is 4.05. The van der Waals surface area contributed by atoms with Gasteiger partial charge in [-0.2, -0.15) is 0 Å². The molecule has 0 radical (unpaired) electrons. The lowest BCUT2D eigenvalue weighted by Crippen LogP contribution is -2.47. The van der Waals surface area contributed by atoms with Gasteiger partial charge in [-0.05, 0) is 55.5 Å². The third kappa shape index (κ3) is 4.04. The fourth-order valence-electron chi connectivity index (χ4n) is 3.73. The van der Waals surface area contributed by atoms with Crippen molar-refractivity contribution in [1.29, 1.82) is 4.78 Å². The van der Waals surface area contributed by atoms with E-state index >= 15 is 4.39 Å². The SMILES string of the molecule is N=S(=O)(NC1CCNC1Cc1cccc(-c2cc(F)cc(F)c2)c1F)C1(F)CC1. The van der Waals surface area contributed by atoms with Crippen LogP contribution in [0.15, 0.2) is 36.4 Å². The van der Waals surface area contributed by atoms with Crippen molar-refractivity contribution < 1.29 is 21.8 Å². The second-order valence-corrected chi connectivity index (χ2v) is 9.73. The van der Waals surface area contributed by atoms with E-state index in [0.717, 1.165) is 18.2 Å². The zero-order valence-electron chi connectivity index (χ0n) is 15.5. The molecule has 0 bridgehead atoms. The van der Waals surface area contributed by atoms with Crippen LogP contribution in [0.2, 0.25) is 0 Å². The van der Waals surface area contributed by atoms with Crippen LogP contribution in [-0.4, -0.2) is 27.8 Å². The van der Waals surface area contributed by atoms with Crippen LogP contribution < -0.4 is 10.0 Å². The highest BCUT2D eigenvalue weighted by atomic mass is 32.2. The summed E-state index contributed by atoms with van der Waals surface area (Å²) in [6.07, 6.45) is 0.943. The fraction of sp³-hybridized carbons (Fsp3) is 0.400. The Morgan fingerprint density at radius 2 is 1.86 bits per heavy atom. The third-order valence-corrected chi connectivity index (χ3v) is 7.59. The molecule has 1 saturated heterocycles. The summed E-state index contributed by atoms with van der Waals surface area (Å²) in [5.74, 6) is -2.19. The van der Waals surface area contributed by atoms with Crippen molar-refractivity contribution in [1.82, 2.24) is 10.0 Å². The van der Waals surface area contributed by atoms with E-state index < -0.39 is 38.4 Å². The summed E-state index contributed by atoms with van der Waals surface area (Å²) in [6, 6.07) is 6.68. The van der Waals surface area contributed by atoms with Gasteiger partial charge >= 0.3 is 0 Å². The fourth-order valence-corrected chi connectivity index (χ4v) is 5.33. The van der Waals surface area contributed by atoms with Crippen molar-refractivity contribution in [3.05, 3.63) is 59.4 Å². The van der Waals surface area contributed by atoms with Crippen molar-refractivity contribution in [2.24, 2.45) is 0 Å². The van der Waals surface area contributed by atoms with Crippen LogP contribution in [0.5, 0.6) is 0 Å². The lowest BCUT2D eigenvalue weighted by atomic mass is 9.96. The number of halogens is 4. The van der Waals surface area contributed by atoms with Crippen LogP contribution in [0.1, 0.15) is 24.8 Å². The first kappa shape index (κ1) is 20.3. The molecule has 4 nitrogen and oxygen atoms in total. The Kier molecular flexibility index (Phi) is 5.16. The van der Waals surface area contributed by atoms with Gasteiger partial charge in [0.1, 0.15) is 27.4 Å². The first-order valence-electron chi connectivity index (χ1n) is 9.40. The average molecular weight is 427 g/mol. The molecule has 0 amide bonds. The number of alkyl halides is 1. The number of benzene rings is 2. The molecule has 1 aliphatic heterocycles. The molecule has 2 aromatic carbocycles. The van der Waals surface area contributed by atoms with Crippen molar-refractivity contribution in [3.63, 3.8) is 0 Å². The summed E-state index contributed by atoms with van der Waals surface area (Å²) in [5.41, 5.74) is 0.489. The first-order valence-corrected chi connectivity index (χ1v) is 11.0. The summed E-state index contributed by atoms with van der Waals surface area (Å²) in [7, 11) is -3.60. The Bertz CT molecular complexity index is 1020. The molecule has 29 heavy (non-hydrogen) atoms. The van der Waals surface area contributed by atoms with E-state index in [2.05, 4.69) is 10.0 Å². The Morgan fingerprint density at radius 1 is 1.17 bits per heavy atom. The lowest BCUT2D eigenvalue weighted by molar-refractivity contribution is 0.406. The number of hydrogen-bond acceptors (Lipinski definition) is 3. The van der Waals surface area contributed by atoms with E-state index in [-0.39, 0.29) is 36.4 Å². The van der Waals surface area contributed by atoms with Gasteiger partial charge in [0.2, 0.25) is 5.00 Å². The second kappa shape index (κ2) is 7.37. The Labute approximate surface area is 166 Å². The number of rotatable bonds is 6. The molecule has 3 N–H and O–H groups in total. The predicted molar refractivity (Wildman–Crippen MR) is 103 cm³/mol. The second-order valence-electron chi connectivity index (χ2n) is 7.65. The maximum atomic E-state index is 15.1. The smallest absolute Gasteiger partial charge is 0.206 e. The van der Waals surface area contributed by atoms with Crippen LogP contribution in [0.3, 0.4) is 0 Å². The molecular formula is C20H21F4N3OS. The zero-order valence-corrected chi connectivity index (χ0v) is 16.3. The molecule has 0 aromatic heterocycles. The Hall–Kier alpha value is -1.97. The van der Waals surface area contributed by atoms with Crippen molar-refractivity contribution in [3.8, 4) is 11.1 Å². The highest BCUT2D eigenvalue weighted by Gasteiger charge is 2.54. The largest absolute Gasteiger partial charge is 0.312 e. The van der Waals surface area contributed by atoms with Gasteiger partial charge in [-0.15, -0.1) is 0 Å². The van der Waals surface area contributed by atoms with Crippen molar-refractivity contribution >= 4 is 9.92 Å². The van der Waals surface area contributed by atoms with Crippen LogP contribution >= 0.6 is 0 Å². The molecule has 1 heterocycles. The van der Waals surface area contributed by atoms with Crippen LogP contribution in [0.4, 0.5) is 17.6 Å². The molecule has 0 spiro atoms. The molecule has 1 aliphatic carbocycles. The minimum Gasteiger partial charge on any atom is -0.312 e. The molecule has 2 aromatic rings. The monoisotopic (exact) mass is 427 g/mol. The molecular weight excluding hydrogens is 406 g/mol. The van der Waals surface area contributed by atoms with Crippen molar-refractivity contribution in [2.75, 3.05) is 6.54 Å². The molecule has 156 valence electrons. The molecule has 9 heteroatoms. The lowest BCUT2D eigenvalue weighted by Gasteiger charge is -2.24. The van der Waals surface area contributed by atoms with E-state index in [1.807, 2.05) is 0 Å².